The highest BCUT2D eigenvalue weighted by molar-refractivity contribution is 9.10. The standard InChI is InChI=1S/C12H15BrClFN2/c13-11-2-1-9(14)7-10(11)12(8-15)17-5-3-16-4-6-17/h1-2,7,12,16H,3-6,8H2/t12-/m0/s1. The number of halogens is 3. The zero-order valence-electron chi connectivity index (χ0n) is 9.43. The largest absolute Gasteiger partial charge is 0.314 e. The minimum Gasteiger partial charge on any atom is -0.314 e. The van der Waals surface area contributed by atoms with Gasteiger partial charge >= 0.3 is 0 Å². The molecule has 1 atom stereocenters. The van der Waals surface area contributed by atoms with Gasteiger partial charge in [0.2, 0.25) is 0 Å². The van der Waals surface area contributed by atoms with Gasteiger partial charge in [0.25, 0.3) is 0 Å². The molecule has 1 fully saturated rings. The second-order valence-corrected chi connectivity index (χ2v) is 5.41. The molecule has 2 rings (SSSR count). The molecule has 1 aromatic carbocycles. The van der Waals surface area contributed by atoms with E-state index in [0.29, 0.717) is 5.02 Å². The lowest BCUT2D eigenvalue weighted by molar-refractivity contribution is 0.147. The van der Waals surface area contributed by atoms with Crippen molar-refractivity contribution in [1.29, 1.82) is 0 Å². The zero-order valence-corrected chi connectivity index (χ0v) is 11.8. The monoisotopic (exact) mass is 320 g/mol. The molecule has 0 radical (unpaired) electrons. The Kier molecular flexibility index (Phi) is 4.79. The van der Waals surface area contributed by atoms with Crippen LogP contribution in [0.3, 0.4) is 0 Å². The van der Waals surface area contributed by atoms with E-state index in [2.05, 4.69) is 26.1 Å². The van der Waals surface area contributed by atoms with Gasteiger partial charge in [-0.3, -0.25) is 4.90 Å². The molecule has 2 nitrogen and oxygen atoms in total. The molecule has 0 saturated carbocycles. The van der Waals surface area contributed by atoms with Crippen LogP contribution in [0.25, 0.3) is 0 Å². The highest BCUT2D eigenvalue weighted by atomic mass is 79.9. The van der Waals surface area contributed by atoms with Gasteiger partial charge in [-0.15, -0.1) is 0 Å². The molecule has 1 heterocycles. The molecule has 94 valence electrons. The van der Waals surface area contributed by atoms with Crippen LogP contribution in [0.15, 0.2) is 22.7 Å². The van der Waals surface area contributed by atoms with Crippen molar-refractivity contribution < 1.29 is 4.39 Å². The highest BCUT2D eigenvalue weighted by Crippen LogP contribution is 2.30. The molecule has 1 aliphatic heterocycles. The van der Waals surface area contributed by atoms with E-state index in [1.165, 1.54) is 0 Å². The summed E-state index contributed by atoms with van der Waals surface area (Å²) < 4.78 is 14.2. The van der Waals surface area contributed by atoms with Crippen LogP contribution >= 0.6 is 27.5 Å². The maximum absolute atomic E-state index is 13.3. The number of piperazine rings is 1. The van der Waals surface area contributed by atoms with E-state index in [1.807, 2.05) is 18.2 Å². The van der Waals surface area contributed by atoms with E-state index < -0.39 is 0 Å². The number of nitrogens with zero attached hydrogens (tertiary/aromatic N) is 1. The number of hydrogen-bond donors (Lipinski definition) is 1. The lowest BCUT2D eigenvalue weighted by Crippen LogP contribution is -2.45. The molecule has 0 spiro atoms. The fraction of sp³-hybridized carbons (Fsp3) is 0.500. The number of nitrogens with one attached hydrogen (secondary N) is 1. The molecule has 1 aromatic rings. The molecular formula is C12H15BrClFN2. The maximum Gasteiger partial charge on any atom is 0.109 e. The van der Waals surface area contributed by atoms with Crippen LogP contribution in [-0.2, 0) is 0 Å². The van der Waals surface area contributed by atoms with Crippen molar-refractivity contribution in [2.75, 3.05) is 32.9 Å². The van der Waals surface area contributed by atoms with Crippen LogP contribution in [0.1, 0.15) is 11.6 Å². The summed E-state index contributed by atoms with van der Waals surface area (Å²) >= 11 is 9.45. The summed E-state index contributed by atoms with van der Waals surface area (Å²) in [4.78, 5) is 2.16. The third kappa shape index (κ3) is 3.19. The van der Waals surface area contributed by atoms with E-state index in [1.54, 1.807) is 0 Å². The summed E-state index contributed by atoms with van der Waals surface area (Å²) in [5.74, 6) is 0. The van der Waals surface area contributed by atoms with Crippen LogP contribution in [0.2, 0.25) is 5.02 Å². The first-order valence-electron chi connectivity index (χ1n) is 5.68. The molecule has 0 aromatic heterocycles. The lowest BCUT2D eigenvalue weighted by atomic mass is 10.1. The van der Waals surface area contributed by atoms with Crippen molar-refractivity contribution in [2.24, 2.45) is 0 Å². The van der Waals surface area contributed by atoms with E-state index in [0.717, 1.165) is 36.2 Å². The van der Waals surface area contributed by atoms with Gasteiger partial charge in [-0.1, -0.05) is 27.5 Å². The molecule has 0 unspecified atom stereocenters. The third-order valence-corrected chi connectivity index (χ3v) is 4.01. The normalized spacial score (nSPS) is 19.2. The van der Waals surface area contributed by atoms with Gasteiger partial charge in [-0.25, -0.2) is 4.39 Å². The van der Waals surface area contributed by atoms with Crippen LogP contribution in [0.5, 0.6) is 0 Å². The van der Waals surface area contributed by atoms with E-state index >= 15 is 0 Å². The number of rotatable bonds is 3. The van der Waals surface area contributed by atoms with Gasteiger partial charge in [0.1, 0.15) is 6.67 Å². The van der Waals surface area contributed by atoms with Crippen LogP contribution < -0.4 is 5.32 Å². The Labute approximate surface area is 114 Å². The average Bonchev–Trinajstić information content (AvgIpc) is 2.36. The molecular weight excluding hydrogens is 307 g/mol. The maximum atomic E-state index is 13.3. The lowest BCUT2D eigenvalue weighted by Gasteiger charge is -2.34. The molecule has 0 aliphatic carbocycles. The number of alkyl halides is 1. The summed E-state index contributed by atoms with van der Waals surface area (Å²) in [7, 11) is 0. The predicted octanol–water partition coefficient (Wildman–Crippen LogP) is 3.02. The Balaban J connectivity index is 2.24. The molecule has 0 bridgehead atoms. The summed E-state index contributed by atoms with van der Waals surface area (Å²) in [6.45, 7) is 3.17. The number of hydrogen-bond acceptors (Lipinski definition) is 2. The average molecular weight is 322 g/mol. The summed E-state index contributed by atoms with van der Waals surface area (Å²) in [5, 5.41) is 3.92. The van der Waals surface area contributed by atoms with Crippen molar-refractivity contribution in [1.82, 2.24) is 10.2 Å². The SMILES string of the molecule is FC[C@@H](c1cc(Cl)ccc1Br)N1CCNCC1. The predicted molar refractivity (Wildman–Crippen MR) is 72.3 cm³/mol. The summed E-state index contributed by atoms with van der Waals surface area (Å²) in [5.41, 5.74) is 0.932. The quantitative estimate of drug-likeness (QED) is 0.920. The van der Waals surface area contributed by atoms with Crippen LogP contribution in [0, 0.1) is 0 Å². The van der Waals surface area contributed by atoms with Gasteiger partial charge in [0, 0.05) is 35.7 Å². The molecule has 0 amide bonds. The molecule has 5 heteroatoms. The van der Waals surface area contributed by atoms with Crippen molar-refractivity contribution in [3.05, 3.63) is 33.3 Å². The second kappa shape index (κ2) is 6.14. The Morgan fingerprint density at radius 2 is 2.12 bits per heavy atom. The first kappa shape index (κ1) is 13.3. The Morgan fingerprint density at radius 3 is 2.76 bits per heavy atom. The molecule has 1 aliphatic rings. The fourth-order valence-electron chi connectivity index (χ4n) is 2.14. The van der Waals surface area contributed by atoms with Gasteiger partial charge < -0.3 is 5.32 Å². The van der Waals surface area contributed by atoms with E-state index in [4.69, 9.17) is 11.6 Å². The Hall–Kier alpha value is -0.160. The second-order valence-electron chi connectivity index (χ2n) is 4.12. The molecule has 1 N–H and O–H groups in total. The van der Waals surface area contributed by atoms with Gasteiger partial charge in [0.15, 0.2) is 0 Å². The first-order valence-corrected chi connectivity index (χ1v) is 6.85. The topological polar surface area (TPSA) is 15.3 Å². The Morgan fingerprint density at radius 1 is 1.41 bits per heavy atom. The highest BCUT2D eigenvalue weighted by Gasteiger charge is 2.23. The van der Waals surface area contributed by atoms with Crippen LogP contribution in [-0.4, -0.2) is 37.8 Å². The molecule has 17 heavy (non-hydrogen) atoms. The summed E-state index contributed by atoms with van der Waals surface area (Å²) in [6, 6.07) is 5.33. The zero-order chi connectivity index (χ0) is 12.3. The van der Waals surface area contributed by atoms with Crippen molar-refractivity contribution in [3.63, 3.8) is 0 Å². The minimum absolute atomic E-state index is 0.204. The van der Waals surface area contributed by atoms with Crippen molar-refractivity contribution >= 4 is 27.5 Å². The van der Waals surface area contributed by atoms with Crippen molar-refractivity contribution in [3.8, 4) is 0 Å². The van der Waals surface area contributed by atoms with Gasteiger partial charge in [-0.2, -0.15) is 0 Å². The summed E-state index contributed by atoms with van der Waals surface area (Å²) in [6.07, 6.45) is 0. The molecule has 1 saturated heterocycles. The fourth-order valence-corrected chi connectivity index (χ4v) is 2.83. The van der Waals surface area contributed by atoms with Gasteiger partial charge in [0.05, 0.1) is 6.04 Å². The third-order valence-electron chi connectivity index (χ3n) is 3.06. The van der Waals surface area contributed by atoms with Gasteiger partial charge in [-0.05, 0) is 23.8 Å². The van der Waals surface area contributed by atoms with Crippen molar-refractivity contribution in [2.45, 2.75) is 6.04 Å². The first-order chi connectivity index (χ1) is 8.22. The Bertz CT molecular complexity index is 383. The minimum atomic E-state index is -0.390. The van der Waals surface area contributed by atoms with E-state index in [9.17, 15) is 4.39 Å². The van der Waals surface area contributed by atoms with Crippen LogP contribution in [0.4, 0.5) is 4.39 Å². The van der Waals surface area contributed by atoms with E-state index in [-0.39, 0.29) is 12.7 Å². The number of benzene rings is 1. The smallest absolute Gasteiger partial charge is 0.109 e.